The topological polar surface area (TPSA) is 46.3 Å². The van der Waals surface area contributed by atoms with Crippen molar-refractivity contribution in [2.75, 3.05) is 0 Å². The van der Waals surface area contributed by atoms with Crippen molar-refractivity contribution in [2.24, 2.45) is 5.73 Å². The fourth-order valence-electron chi connectivity index (χ4n) is 2.54. The van der Waals surface area contributed by atoms with Crippen LogP contribution in [-0.2, 0) is 4.79 Å². The van der Waals surface area contributed by atoms with Crippen LogP contribution in [-0.4, -0.2) is 22.9 Å². The van der Waals surface area contributed by atoms with Crippen LogP contribution in [0.5, 0.6) is 0 Å². The molecule has 18 heavy (non-hydrogen) atoms. The molecule has 1 aliphatic rings. The van der Waals surface area contributed by atoms with Gasteiger partial charge in [-0.3, -0.25) is 4.79 Å². The Morgan fingerprint density at radius 2 is 1.89 bits per heavy atom. The Labute approximate surface area is 105 Å². The fraction of sp³-hybridized carbons (Fsp3) is 0.462. The van der Waals surface area contributed by atoms with Crippen LogP contribution >= 0.6 is 0 Å². The molecule has 3 nitrogen and oxygen atoms in total. The molecular weight excluding hydrogens is 238 g/mol. The molecule has 1 heterocycles. The van der Waals surface area contributed by atoms with Gasteiger partial charge < -0.3 is 10.6 Å². The highest BCUT2D eigenvalue weighted by molar-refractivity contribution is 5.80. The number of rotatable bonds is 2. The number of likely N-dealkylation sites (tertiary alicyclic amines) is 1. The Kier molecular flexibility index (Phi) is 3.34. The molecule has 1 aromatic rings. The molecule has 0 spiro atoms. The number of amides is 1. The summed E-state index contributed by atoms with van der Waals surface area (Å²) in [4.78, 5) is 13.3. The number of carbonyl (C=O) groups excluding carboxylic acids is 1. The summed E-state index contributed by atoms with van der Waals surface area (Å²) in [6, 6.07) is 2.23. The lowest BCUT2D eigenvalue weighted by molar-refractivity contribution is -0.130. The van der Waals surface area contributed by atoms with Crippen LogP contribution < -0.4 is 5.73 Å². The zero-order valence-electron chi connectivity index (χ0n) is 10.4. The van der Waals surface area contributed by atoms with Crippen molar-refractivity contribution in [2.45, 2.75) is 38.4 Å². The third kappa shape index (κ3) is 1.99. The van der Waals surface area contributed by atoms with Crippen molar-refractivity contribution in [3.63, 3.8) is 0 Å². The third-order valence-corrected chi connectivity index (χ3v) is 3.26. The zero-order valence-corrected chi connectivity index (χ0v) is 10.4. The summed E-state index contributed by atoms with van der Waals surface area (Å²) in [5.74, 6) is -1.48. The number of nitrogens with two attached hydrogens (primary N) is 1. The van der Waals surface area contributed by atoms with E-state index in [0.29, 0.717) is 0 Å². The first-order chi connectivity index (χ1) is 8.43. The van der Waals surface area contributed by atoms with Crippen molar-refractivity contribution >= 4 is 5.91 Å². The zero-order chi connectivity index (χ0) is 13.4. The smallest absolute Gasteiger partial charge is 0.225 e. The molecular formula is C13H16F2N2O. The summed E-state index contributed by atoms with van der Waals surface area (Å²) in [6.07, 6.45) is 0.122. The molecule has 0 aromatic heterocycles. The van der Waals surface area contributed by atoms with E-state index in [0.717, 1.165) is 0 Å². The summed E-state index contributed by atoms with van der Waals surface area (Å²) in [5, 5.41) is 0. The van der Waals surface area contributed by atoms with Gasteiger partial charge >= 0.3 is 0 Å². The van der Waals surface area contributed by atoms with Gasteiger partial charge in [-0.2, -0.15) is 0 Å². The van der Waals surface area contributed by atoms with E-state index in [-0.39, 0.29) is 23.9 Å². The predicted molar refractivity (Wildman–Crippen MR) is 63.7 cm³/mol. The molecule has 1 aliphatic heterocycles. The monoisotopic (exact) mass is 254 g/mol. The van der Waals surface area contributed by atoms with Gasteiger partial charge in [0.2, 0.25) is 5.91 Å². The van der Waals surface area contributed by atoms with Crippen molar-refractivity contribution in [3.8, 4) is 0 Å². The number of halogens is 2. The van der Waals surface area contributed by atoms with E-state index in [1.807, 2.05) is 13.8 Å². The molecule has 0 radical (unpaired) electrons. The molecule has 1 saturated heterocycles. The molecule has 98 valence electrons. The molecule has 1 fully saturated rings. The first-order valence-corrected chi connectivity index (χ1v) is 5.94. The van der Waals surface area contributed by atoms with E-state index >= 15 is 0 Å². The van der Waals surface area contributed by atoms with Crippen molar-refractivity contribution < 1.29 is 13.6 Å². The average molecular weight is 254 g/mol. The van der Waals surface area contributed by atoms with Crippen molar-refractivity contribution in [3.05, 3.63) is 35.4 Å². The summed E-state index contributed by atoms with van der Waals surface area (Å²) in [5.41, 5.74) is 5.76. The van der Waals surface area contributed by atoms with Gasteiger partial charge in [-0.1, -0.05) is 6.07 Å². The molecule has 2 unspecified atom stereocenters. The lowest BCUT2D eigenvalue weighted by Crippen LogP contribution is -2.38. The minimum Gasteiger partial charge on any atom is -0.331 e. The van der Waals surface area contributed by atoms with E-state index in [1.165, 1.54) is 23.1 Å². The van der Waals surface area contributed by atoms with E-state index < -0.39 is 23.7 Å². The number of hydrogen-bond acceptors (Lipinski definition) is 2. The standard InChI is InChI=1S/C13H16F2N2O/c1-7(2)17-11(18)6-10(16)13(17)12-8(14)4-3-5-9(12)15/h3-5,7,10,13H,6,16H2,1-2H3. The number of hydrogen-bond donors (Lipinski definition) is 1. The minimum absolute atomic E-state index is 0.107. The quantitative estimate of drug-likeness (QED) is 0.877. The maximum absolute atomic E-state index is 13.8. The fourth-order valence-corrected chi connectivity index (χ4v) is 2.54. The Bertz CT molecular complexity index is 456. The summed E-state index contributed by atoms with van der Waals surface area (Å²) >= 11 is 0. The average Bonchev–Trinajstić information content (AvgIpc) is 2.54. The second-order valence-corrected chi connectivity index (χ2v) is 4.84. The number of carbonyl (C=O) groups is 1. The molecule has 0 aliphatic carbocycles. The maximum atomic E-state index is 13.8. The molecule has 2 atom stereocenters. The Morgan fingerprint density at radius 1 is 1.33 bits per heavy atom. The Hall–Kier alpha value is -1.49. The van der Waals surface area contributed by atoms with Crippen LogP contribution in [0.15, 0.2) is 18.2 Å². The number of nitrogens with zero attached hydrogens (tertiary/aromatic N) is 1. The van der Waals surface area contributed by atoms with Crippen LogP contribution in [0.1, 0.15) is 31.9 Å². The highest BCUT2D eigenvalue weighted by Crippen LogP contribution is 2.36. The van der Waals surface area contributed by atoms with E-state index in [2.05, 4.69) is 0 Å². The lowest BCUT2D eigenvalue weighted by Gasteiger charge is -2.31. The molecule has 2 rings (SSSR count). The van der Waals surface area contributed by atoms with Crippen molar-refractivity contribution in [1.82, 2.24) is 4.90 Å². The molecule has 2 N–H and O–H groups in total. The molecule has 0 bridgehead atoms. The first-order valence-electron chi connectivity index (χ1n) is 5.94. The third-order valence-electron chi connectivity index (χ3n) is 3.26. The van der Waals surface area contributed by atoms with Crippen LogP contribution in [0.25, 0.3) is 0 Å². The predicted octanol–water partition coefficient (Wildman–Crippen LogP) is 1.97. The first kappa shape index (κ1) is 13.0. The van der Waals surface area contributed by atoms with E-state index in [1.54, 1.807) is 0 Å². The summed E-state index contributed by atoms with van der Waals surface area (Å²) in [6.45, 7) is 3.61. The van der Waals surface area contributed by atoms with Gasteiger partial charge in [-0.05, 0) is 26.0 Å². The van der Waals surface area contributed by atoms with Gasteiger partial charge in [0.1, 0.15) is 11.6 Å². The minimum atomic E-state index is -0.723. The van der Waals surface area contributed by atoms with Crippen LogP contribution in [0.2, 0.25) is 0 Å². The van der Waals surface area contributed by atoms with Crippen LogP contribution in [0, 0.1) is 11.6 Å². The molecule has 5 heteroatoms. The van der Waals surface area contributed by atoms with Crippen LogP contribution in [0.3, 0.4) is 0 Å². The van der Waals surface area contributed by atoms with E-state index in [4.69, 9.17) is 5.73 Å². The Morgan fingerprint density at radius 3 is 2.39 bits per heavy atom. The SMILES string of the molecule is CC(C)N1C(=O)CC(N)C1c1c(F)cccc1F. The summed E-state index contributed by atoms with van der Waals surface area (Å²) in [7, 11) is 0. The number of benzene rings is 1. The summed E-state index contributed by atoms with van der Waals surface area (Å²) < 4.78 is 27.6. The van der Waals surface area contributed by atoms with E-state index in [9.17, 15) is 13.6 Å². The van der Waals surface area contributed by atoms with Crippen LogP contribution in [0.4, 0.5) is 8.78 Å². The Balaban J connectivity index is 2.50. The van der Waals surface area contributed by atoms with Gasteiger partial charge in [0.05, 0.1) is 6.04 Å². The van der Waals surface area contributed by atoms with Gasteiger partial charge in [-0.15, -0.1) is 0 Å². The van der Waals surface area contributed by atoms with Gasteiger partial charge in [0.25, 0.3) is 0 Å². The van der Waals surface area contributed by atoms with Gasteiger partial charge in [0, 0.05) is 24.1 Å². The van der Waals surface area contributed by atoms with Gasteiger partial charge in [-0.25, -0.2) is 8.78 Å². The molecule has 0 saturated carbocycles. The second kappa shape index (κ2) is 4.65. The highest BCUT2D eigenvalue weighted by Gasteiger charge is 2.42. The lowest BCUT2D eigenvalue weighted by atomic mass is 9.99. The highest BCUT2D eigenvalue weighted by atomic mass is 19.1. The normalized spacial score (nSPS) is 24.1. The second-order valence-electron chi connectivity index (χ2n) is 4.84. The van der Waals surface area contributed by atoms with Gasteiger partial charge in [0.15, 0.2) is 0 Å². The largest absolute Gasteiger partial charge is 0.331 e. The molecule has 1 amide bonds. The maximum Gasteiger partial charge on any atom is 0.225 e. The van der Waals surface area contributed by atoms with Crippen molar-refractivity contribution in [1.29, 1.82) is 0 Å². The molecule has 1 aromatic carbocycles.